The van der Waals surface area contributed by atoms with Gasteiger partial charge in [-0.25, -0.2) is 0 Å². The first-order chi connectivity index (χ1) is 17.9. The molecule has 182 valence electrons. The van der Waals surface area contributed by atoms with E-state index in [2.05, 4.69) is 11.4 Å². The maximum absolute atomic E-state index is 13.9. The lowest BCUT2D eigenvalue weighted by Crippen LogP contribution is -2.40. The van der Waals surface area contributed by atoms with Gasteiger partial charge in [0, 0.05) is 5.69 Å². The number of nitrogens with one attached hydrogen (secondary N) is 1. The molecule has 0 aliphatic carbocycles. The fraction of sp³-hybridized carbons (Fsp3) is 0.100. The highest BCUT2D eigenvalue weighted by Gasteiger charge is 2.35. The normalized spacial score (nSPS) is 15.3. The topological polar surface area (TPSA) is 101 Å². The fourth-order valence-electron chi connectivity index (χ4n) is 4.69. The molecule has 4 aromatic rings. The van der Waals surface area contributed by atoms with Crippen molar-refractivity contribution in [3.8, 4) is 6.07 Å². The molecule has 1 aromatic heterocycles. The van der Waals surface area contributed by atoms with E-state index < -0.39 is 5.92 Å². The number of anilines is 1. The summed E-state index contributed by atoms with van der Waals surface area (Å²) in [5, 5.41) is 13.2. The van der Waals surface area contributed by atoms with Crippen LogP contribution >= 0.6 is 11.3 Å². The van der Waals surface area contributed by atoms with Crippen molar-refractivity contribution >= 4 is 40.4 Å². The van der Waals surface area contributed by atoms with Crippen LogP contribution in [0, 0.1) is 25.2 Å². The van der Waals surface area contributed by atoms with E-state index in [0.717, 1.165) is 22.3 Å². The van der Waals surface area contributed by atoms with Crippen molar-refractivity contribution in [2.45, 2.75) is 19.8 Å². The molecule has 0 saturated heterocycles. The summed E-state index contributed by atoms with van der Waals surface area (Å²) in [6, 6.07) is 26.7. The van der Waals surface area contributed by atoms with Crippen molar-refractivity contribution in [1.82, 2.24) is 4.57 Å². The van der Waals surface area contributed by atoms with Crippen LogP contribution in [0.4, 0.5) is 5.69 Å². The van der Waals surface area contributed by atoms with Gasteiger partial charge in [-0.15, -0.1) is 11.3 Å². The van der Waals surface area contributed by atoms with E-state index in [1.807, 2.05) is 92.7 Å². The highest BCUT2D eigenvalue weighted by molar-refractivity contribution is 7.07. The molecule has 0 bridgehead atoms. The Morgan fingerprint density at radius 3 is 2.27 bits per heavy atom. The van der Waals surface area contributed by atoms with Crippen LogP contribution in [0.5, 0.6) is 0 Å². The Hall–Kier alpha value is -4.67. The summed E-state index contributed by atoms with van der Waals surface area (Å²) >= 11 is 1.20. The number of fused-ring (bicyclic) bond motifs is 1. The lowest BCUT2D eigenvalue weighted by molar-refractivity contribution is -0.111. The van der Waals surface area contributed by atoms with Crippen LogP contribution < -0.4 is 25.8 Å². The van der Waals surface area contributed by atoms with E-state index in [1.165, 1.54) is 15.9 Å². The summed E-state index contributed by atoms with van der Waals surface area (Å²) in [6.07, 6.45) is 1.77. The second kappa shape index (κ2) is 9.76. The van der Waals surface area contributed by atoms with E-state index in [9.17, 15) is 14.9 Å². The van der Waals surface area contributed by atoms with Crippen molar-refractivity contribution in [1.29, 1.82) is 5.26 Å². The van der Waals surface area contributed by atoms with Gasteiger partial charge in [0.25, 0.3) is 11.5 Å². The number of amides is 1. The predicted molar refractivity (Wildman–Crippen MR) is 148 cm³/mol. The average Bonchev–Trinajstić information content (AvgIpc) is 3.20. The molecule has 6 nitrogen and oxygen atoms in total. The molecular weight excluding hydrogens is 480 g/mol. The number of nitriles is 1. The summed E-state index contributed by atoms with van der Waals surface area (Å²) in [7, 11) is 0. The number of aryl methyl sites for hydroxylation is 2. The third-order valence-corrected chi connectivity index (χ3v) is 7.33. The molecule has 37 heavy (non-hydrogen) atoms. The van der Waals surface area contributed by atoms with Crippen LogP contribution in [0.25, 0.3) is 17.5 Å². The number of allylic oxidation sites excluding steroid dienone is 1. The number of nitrogens with two attached hydrogens (primary N) is 1. The SMILES string of the molecule is Cc1cc(C)cc(NC(=O)C2=c3s/c(=C\c4ccccc4)c(=O)n3C(N)=C(C#N)C2c2ccccc2)c1. The van der Waals surface area contributed by atoms with E-state index in [4.69, 9.17) is 5.73 Å². The van der Waals surface area contributed by atoms with Gasteiger partial charge in [0.05, 0.1) is 27.7 Å². The molecule has 3 N–H and O–H groups in total. The van der Waals surface area contributed by atoms with Crippen LogP contribution in [0.2, 0.25) is 0 Å². The predicted octanol–water partition coefficient (Wildman–Crippen LogP) is 3.59. The van der Waals surface area contributed by atoms with Gasteiger partial charge < -0.3 is 11.1 Å². The molecule has 0 fully saturated rings. The number of hydrogen-bond acceptors (Lipinski definition) is 5. The number of aromatic nitrogens is 1. The molecule has 2 heterocycles. The van der Waals surface area contributed by atoms with Crippen molar-refractivity contribution in [2.24, 2.45) is 5.73 Å². The van der Waals surface area contributed by atoms with Crippen molar-refractivity contribution in [3.63, 3.8) is 0 Å². The highest BCUT2D eigenvalue weighted by Crippen LogP contribution is 2.36. The van der Waals surface area contributed by atoms with Gasteiger partial charge in [-0.1, -0.05) is 66.7 Å². The van der Waals surface area contributed by atoms with Crippen LogP contribution in [0.15, 0.2) is 89.2 Å². The Kier molecular flexibility index (Phi) is 6.34. The number of hydrogen-bond donors (Lipinski definition) is 2. The molecule has 1 atom stereocenters. The third kappa shape index (κ3) is 4.51. The first-order valence-electron chi connectivity index (χ1n) is 11.7. The zero-order valence-corrected chi connectivity index (χ0v) is 21.2. The number of benzene rings is 3. The number of carbonyl (C=O) groups excluding carboxylic acids is 1. The number of carbonyl (C=O) groups is 1. The molecule has 1 unspecified atom stereocenters. The standard InChI is InChI=1S/C30H24N4O2S/c1-18-13-19(2)15-22(14-18)33-28(35)26-25(21-11-7-4-8-12-21)23(17-31)27(32)34-29(36)24(37-30(26)34)16-20-9-5-3-6-10-20/h3-16,25H,32H2,1-2H3,(H,33,35)/b24-16-. The summed E-state index contributed by atoms with van der Waals surface area (Å²) < 4.78 is 2.14. The number of nitrogens with zero attached hydrogens (tertiary/aromatic N) is 2. The van der Waals surface area contributed by atoms with E-state index in [0.29, 0.717) is 20.5 Å². The quantitative estimate of drug-likeness (QED) is 0.444. The maximum Gasteiger partial charge on any atom is 0.274 e. The molecule has 1 amide bonds. The van der Waals surface area contributed by atoms with Crippen molar-refractivity contribution in [2.75, 3.05) is 5.32 Å². The Bertz CT molecular complexity index is 1750. The second-order valence-electron chi connectivity index (χ2n) is 8.97. The Labute approximate surface area is 217 Å². The highest BCUT2D eigenvalue weighted by atomic mass is 32.1. The van der Waals surface area contributed by atoms with Gasteiger partial charge in [-0.3, -0.25) is 14.2 Å². The molecule has 1 aliphatic rings. The third-order valence-electron chi connectivity index (χ3n) is 6.22. The van der Waals surface area contributed by atoms with Crippen LogP contribution in [-0.4, -0.2) is 10.5 Å². The van der Waals surface area contributed by atoms with Crippen LogP contribution in [0.3, 0.4) is 0 Å². The minimum atomic E-state index is -0.722. The zero-order valence-electron chi connectivity index (χ0n) is 20.4. The number of thiazole rings is 1. The molecule has 3 aromatic carbocycles. The molecule has 7 heteroatoms. The minimum absolute atomic E-state index is 0.0447. The molecule has 1 aliphatic heterocycles. The second-order valence-corrected chi connectivity index (χ2v) is 10.00. The summed E-state index contributed by atoms with van der Waals surface area (Å²) in [4.78, 5) is 27.5. The molecule has 0 radical (unpaired) electrons. The summed E-state index contributed by atoms with van der Waals surface area (Å²) in [6.45, 7) is 3.92. The van der Waals surface area contributed by atoms with Gasteiger partial charge in [0.15, 0.2) is 0 Å². The van der Waals surface area contributed by atoms with E-state index in [-0.39, 0.29) is 22.9 Å². The molecule has 0 saturated carbocycles. The largest absolute Gasteiger partial charge is 0.384 e. The molecule has 5 rings (SSSR count). The summed E-state index contributed by atoms with van der Waals surface area (Å²) in [5.41, 5.74) is 10.8. The smallest absolute Gasteiger partial charge is 0.274 e. The van der Waals surface area contributed by atoms with Gasteiger partial charge >= 0.3 is 0 Å². The van der Waals surface area contributed by atoms with E-state index in [1.54, 1.807) is 6.08 Å². The minimum Gasteiger partial charge on any atom is -0.384 e. The van der Waals surface area contributed by atoms with Crippen molar-refractivity contribution in [3.05, 3.63) is 126 Å². The van der Waals surface area contributed by atoms with Gasteiger partial charge in [0.2, 0.25) is 0 Å². The Morgan fingerprint density at radius 2 is 1.65 bits per heavy atom. The lowest BCUT2D eigenvalue weighted by atomic mass is 9.83. The van der Waals surface area contributed by atoms with Crippen LogP contribution in [-0.2, 0) is 4.79 Å². The van der Waals surface area contributed by atoms with Gasteiger partial charge in [0.1, 0.15) is 10.5 Å². The number of rotatable bonds is 4. The van der Waals surface area contributed by atoms with E-state index >= 15 is 0 Å². The Balaban J connectivity index is 1.80. The zero-order chi connectivity index (χ0) is 26.1. The summed E-state index contributed by atoms with van der Waals surface area (Å²) in [5.74, 6) is -1.07. The fourth-order valence-corrected chi connectivity index (χ4v) is 5.87. The Morgan fingerprint density at radius 1 is 1.03 bits per heavy atom. The first-order valence-corrected chi connectivity index (χ1v) is 12.6. The van der Waals surface area contributed by atoms with Crippen LogP contribution in [0.1, 0.15) is 28.2 Å². The van der Waals surface area contributed by atoms with Crippen molar-refractivity contribution < 1.29 is 4.79 Å². The maximum atomic E-state index is 13.9. The lowest BCUT2D eigenvalue weighted by Gasteiger charge is -2.25. The molecular formula is C30H24N4O2S. The van der Waals surface area contributed by atoms with Gasteiger partial charge in [-0.05, 0) is 54.3 Å². The molecule has 0 spiro atoms. The van der Waals surface area contributed by atoms with Gasteiger partial charge in [-0.2, -0.15) is 5.26 Å². The first kappa shape index (κ1) is 24.0. The average molecular weight is 505 g/mol. The monoisotopic (exact) mass is 504 g/mol.